The molecule has 1 heterocycles. The molecule has 6 heteroatoms. The summed E-state index contributed by atoms with van der Waals surface area (Å²) >= 11 is 17.6. The maximum Gasteiger partial charge on any atom is 0.148 e. The molecule has 0 spiro atoms. The molecule has 1 aromatic heterocycles. The molecule has 1 atom stereocenters. The second-order valence-electron chi connectivity index (χ2n) is 3.52. The number of halogens is 3. The van der Waals surface area contributed by atoms with Crippen molar-refractivity contribution in [1.29, 1.82) is 0 Å². The lowest BCUT2D eigenvalue weighted by Crippen LogP contribution is -2.13. The van der Waals surface area contributed by atoms with Crippen molar-refractivity contribution >= 4 is 34.8 Å². The molecule has 1 aromatic rings. The molecule has 0 aromatic carbocycles. The summed E-state index contributed by atoms with van der Waals surface area (Å²) in [6, 6.07) is 1.34. The van der Waals surface area contributed by atoms with Crippen LogP contribution < -0.4 is 11.5 Å². The second-order valence-corrected chi connectivity index (χ2v) is 4.69. The lowest BCUT2D eigenvalue weighted by molar-refractivity contribution is 0.580. The van der Waals surface area contributed by atoms with Crippen LogP contribution in [0.15, 0.2) is 6.07 Å². The Labute approximate surface area is 110 Å². The molecule has 0 aliphatic rings. The van der Waals surface area contributed by atoms with Crippen LogP contribution >= 0.6 is 34.8 Å². The van der Waals surface area contributed by atoms with Gasteiger partial charge in [0.1, 0.15) is 5.15 Å². The van der Waals surface area contributed by atoms with Gasteiger partial charge in [0.25, 0.3) is 0 Å². The predicted octanol–water partition coefficient (Wildman–Crippen LogP) is 3.17. The average molecular weight is 283 g/mol. The molecule has 3 nitrogen and oxygen atoms in total. The highest BCUT2D eigenvalue weighted by atomic mass is 35.5. The van der Waals surface area contributed by atoms with Gasteiger partial charge in [-0.05, 0) is 25.5 Å². The Balaban J connectivity index is 2.75. The van der Waals surface area contributed by atoms with E-state index in [1.807, 2.05) is 0 Å². The number of hydrogen-bond donors (Lipinski definition) is 2. The van der Waals surface area contributed by atoms with E-state index >= 15 is 0 Å². The molecule has 4 N–H and O–H groups in total. The van der Waals surface area contributed by atoms with Crippen LogP contribution in [0.25, 0.3) is 0 Å². The fourth-order valence-electron chi connectivity index (χ4n) is 1.36. The Hall–Kier alpha value is -0.0600. The Kier molecular flexibility index (Phi) is 5.79. The Morgan fingerprint density at radius 1 is 1.19 bits per heavy atom. The standard InChI is InChI=1S/C10H14Cl3N3/c11-6-5-7(12)10(13)16-9(6)8(15)3-1-2-4-14/h5,8H,1-4,14-15H2. The zero-order chi connectivity index (χ0) is 12.1. The molecule has 90 valence electrons. The summed E-state index contributed by atoms with van der Waals surface area (Å²) in [6.07, 6.45) is 2.66. The molecule has 1 rings (SSSR count). The molecule has 0 aliphatic heterocycles. The largest absolute Gasteiger partial charge is 0.330 e. The van der Waals surface area contributed by atoms with Crippen LogP contribution in [0.1, 0.15) is 31.0 Å². The van der Waals surface area contributed by atoms with Gasteiger partial charge in [-0.15, -0.1) is 0 Å². The topological polar surface area (TPSA) is 64.9 Å². The van der Waals surface area contributed by atoms with Gasteiger partial charge in [0.05, 0.1) is 15.7 Å². The lowest BCUT2D eigenvalue weighted by Gasteiger charge is -2.13. The van der Waals surface area contributed by atoms with E-state index in [2.05, 4.69) is 4.98 Å². The number of unbranched alkanes of at least 4 members (excludes halogenated alkanes) is 1. The number of rotatable bonds is 5. The summed E-state index contributed by atoms with van der Waals surface area (Å²) in [7, 11) is 0. The summed E-state index contributed by atoms with van der Waals surface area (Å²) in [5, 5.41) is 1.02. The summed E-state index contributed by atoms with van der Waals surface area (Å²) < 4.78 is 0. The minimum atomic E-state index is -0.228. The van der Waals surface area contributed by atoms with Gasteiger partial charge in [-0.3, -0.25) is 0 Å². The maximum absolute atomic E-state index is 6.00. The van der Waals surface area contributed by atoms with Crippen molar-refractivity contribution in [3.05, 3.63) is 27.0 Å². The van der Waals surface area contributed by atoms with Crippen molar-refractivity contribution in [2.45, 2.75) is 25.3 Å². The summed E-state index contributed by atoms with van der Waals surface area (Å²) in [5.41, 5.74) is 12.0. The van der Waals surface area contributed by atoms with Crippen molar-refractivity contribution in [1.82, 2.24) is 4.98 Å². The highest BCUT2D eigenvalue weighted by Crippen LogP contribution is 2.29. The molecular formula is C10H14Cl3N3. The van der Waals surface area contributed by atoms with Crippen molar-refractivity contribution in [2.75, 3.05) is 6.54 Å². The minimum Gasteiger partial charge on any atom is -0.330 e. The van der Waals surface area contributed by atoms with Crippen molar-refractivity contribution in [3.8, 4) is 0 Å². The number of nitrogens with two attached hydrogens (primary N) is 2. The molecular weight excluding hydrogens is 268 g/mol. The van der Waals surface area contributed by atoms with Crippen LogP contribution in [-0.2, 0) is 0 Å². The summed E-state index contributed by atoms with van der Waals surface area (Å²) in [6.45, 7) is 0.662. The minimum absolute atomic E-state index is 0.228. The SMILES string of the molecule is NCCCCC(N)c1nc(Cl)c(Cl)cc1Cl. The molecule has 0 fully saturated rings. The van der Waals surface area contributed by atoms with Crippen molar-refractivity contribution in [2.24, 2.45) is 11.5 Å². The van der Waals surface area contributed by atoms with E-state index in [0.717, 1.165) is 19.3 Å². The van der Waals surface area contributed by atoms with E-state index < -0.39 is 0 Å². The second kappa shape index (κ2) is 6.62. The van der Waals surface area contributed by atoms with Crippen LogP contribution in [0.4, 0.5) is 0 Å². The zero-order valence-corrected chi connectivity index (χ0v) is 11.0. The quantitative estimate of drug-likeness (QED) is 0.644. The van der Waals surface area contributed by atoms with E-state index in [1.165, 1.54) is 0 Å². The fraction of sp³-hybridized carbons (Fsp3) is 0.500. The van der Waals surface area contributed by atoms with Gasteiger partial charge < -0.3 is 11.5 Å². The number of aromatic nitrogens is 1. The molecule has 0 aliphatic carbocycles. The third-order valence-corrected chi connectivity index (χ3v) is 3.21. The van der Waals surface area contributed by atoms with E-state index in [4.69, 9.17) is 46.3 Å². The first-order valence-electron chi connectivity index (χ1n) is 5.03. The normalized spacial score (nSPS) is 12.8. The van der Waals surface area contributed by atoms with Crippen molar-refractivity contribution < 1.29 is 0 Å². The first kappa shape index (κ1) is 14.0. The van der Waals surface area contributed by atoms with Crippen LogP contribution in [0, 0.1) is 0 Å². The molecule has 0 saturated heterocycles. The molecule has 0 saturated carbocycles. The highest BCUT2D eigenvalue weighted by Gasteiger charge is 2.14. The molecule has 0 amide bonds. The van der Waals surface area contributed by atoms with Crippen LogP contribution in [0.3, 0.4) is 0 Å². The first-order chi connectivity index (χ1) is 7.56. The Morgan fingerprint density at radius 2 is 1.88 bits per heavy atom. The summed E-state index contributed by atoms with van der Waals surface area (Å²) in [5.74, 6) is 0. The van der Waals surface area contributed by atoms with Crippen LogP contribution in [-0.4, -0.2) is 11.5 Å². The number of hydrogen-bond acceptors (Lipinski definition) is 3. The van der Waals surface area contributed by atoms with E-state index in [-0.39, 0.29) is 11.2 Å². The van der Waals surface area contributed by atoms with E-state index in [0.29, 0.717) is 22.3 Å². The smallest absolute Gasteiger partial charge is 0.148 e. The summed E-state index contributed by atoms with van der Waals surface area (Å²) in [4.78, 5) is 4.10. The number of pyridine rings is 1. The van der Waals surface area contributed by atoms with Gasteiger partial charge >= 0.3 is 0 Å². The van der Waals surface area contributed by atoms with E-state index in [1.54, 1.807) is 6.07 Å². The van der Waals surface area contributed by atoms with Crippen molar-refractivity contribution in [3.63, 3.8) is 0 Å². The lowest BCUT2D eigenvalue weighted by atomic mass is 10.1. The third kappa shape index (κ3) is 3.75. The van der Waals surface area contributed by atoms with Gasteiger partial charge in [-0.1, -0.05) is 41.2 Å². The Morgan fingerprint density at radius 3 is 2.50 bits per heavy atom. The predicted molar refractivity (Wildman–Crippen MR) is 69.1 cm³/mol. The van der Waals surface area contributed by atoms with Gasteiger partial charge in [0.2, 0.25) is 0 Å². The first-order valence-corrected chi connectivity index (χ1v) is 6.16. The van der Waals surface area contributed by atoms with Gasteiger partial charge in [0, 0.05) is 6.04 Å². The monoisotopic (exact) mass is 281 g/mol. The molecule has 16 heavy (non-hydrogen) atoms. The molecule has 1 unspecified atom stereocenters. The van der Waals surface area contributed by atoms with Crippen LogP contribution in [0.2, 0.25) is 15.2 Å². The maximum atomic E-state index is 6.00. The van der Waals surface area contributed by atoms with E-state index in [9.17, 15) is 0 Å². The number of nitrogens with zero attached hydrogens (tertiary/aromatic N) is 1. The van der Waals surface area contributed by atoms with Gasteiger partial charge in [-0.25, -0.2) is 4.98 Å². The zero-order valence-electron chi connectivity index (χ0n) is 8.72. The van der Waals surface area contributed by atoms with Gasteiger partial charge in [0.15, 0.2) is 0 Å². The molecule has 0 radical (unpaired) electrons. The van der Waals surface area contributed by atoms with Crippen LogP contribution in [0.5, 0.6) is 0 Å². The Bertz CT molecular complexity index is 357. The highest BCUT2D eigenvalue weighted by molar-refractivity contribution is 6.42. The third-order valence-electron chi connectivity index (χ3n) is 2.23. The fourth-order valence-corrected chi connectivity index (χ4v) is 2.01. The molecule has 0 bridgehead atoms. The average Bonchev–Trinajstić information content (AvgIpc) is 2.23. The van der Waals surface area contributed by atoms with Gasteiger partial charge in [-0.2, -0.15) is 0 Å².